The van der Waals surface area contributed by atoms with E-state index in [0.717, 1.165) is 28.1 Å². The molecule has 0 spiro atoms. The number of rotatable bonds is 6. The zero-order valence-corrected chi connectivity index (χ0v) is 15.1. The highest BCUT2D eigenvalue weighted by Crippen LogP contribution is 2.23. The van der Waals surface area contributed by atoms with Crippen molar-refractivity contribution in [2.24, 2.45) is 0 Å². The maximum Gasteiger partial charge on any atom is 0.226 e. The number of nitrogens with one attached hydrogen (secondary N) is 2. The van der Waals surface area contributed by atoms with Crippen LogP contribution in [0.4, 0.5) is 5.69 Å². The first-order valence-electron chi connectivity index (χ1n) is 8.18. The zero-order valence-electron chi connectivity index (χ0n) is 15.1. The molecule has 0 saturated heterocycles. The van der Waals surface area contributed by atoms with Gasteiger partial charge in [0, 0.05) is 12.6 Å². The van der Waals surface area contributed by atoms with E-state index in [0.29, 0.717) is 0 Å². The van der Waals surface area contributed by atoms with Gasteiger partial charge in [-0.3, -0.25) is 9.59 Å². The molecule has 2 rings (SSSR count). The first-order chi connectivity index (χ1) is 11.9. The van der Waals surface area contributed by atoms with E-state index >= 15 is 0 Å². The second kappa shape index (κ2) is 8.33. The summed E-state index contributed by atoms with van der Waals surface area (Å²) in [5.41, 5.74) is 3.69. The molecule has 0 aliphatic carbocycles. The molecule has 1 atom stereocenters. The lowest BCUT2D eigenvalue weighted by Gasteiger charge is -2.19. The molecule has 132 valence electrons. The fourth-order valence-corrected chi connectivity index (χ4v) is 2.72. The molecule has 0 aliphatic heterocycles. The lowest BCUT2D eigenvalue weighted by Crippen LogP contribution is -2.30. The molecular formula is C20H24N2O3. The number of amides is 2. The largest absolute Gasteiger partial charge is 0.497 e. The Morgan fingerprint density at radius 2 is 1.64 bits per heavy atom. The van der Waals surface area contributed by atoms with Crippen LogP contribution in [0, 0.1) is 13.8 Å². The van der Waals surface area contributed by atoms with Crippen molar-refractivity contribution in [3.8, 4) is 5.75 Å². The fraction of sp³-hybridized carbons (Fsp3) is 0.300. The summed E-state index contributed by atoms with van der Waals surface area (Å²) in [7, 11) is 1.60. The van der Waals surface area contributed by atoms with Gasteiger partial charge in [-0.15, -0.1) is 0 Å². The van der Waals surface area contributed by atoms with Crippen LogP contribution in [0.2, 0.25) is 0 Å². The highest BCUT2D eigenvalue weighted by atomic mass is 16.5. The summed E-state index contributed by atoms with van der Waals surface area (Å²) in [6.45, 7) is 5.36. The molecule has 0 heterocycles. The third kappa shape index (κ3) is 5.08. The number of para-hydroxylation sites is 1. The molecule has 5 heteroatoms. The number of carbonyl (C=O) groups excluding carboxylic acids is 2. The van der Waals surface area contributed by atoms with Gasteiger partial charge in [0.05, 0.1) is 19.6 Å². The number of aryl methyl sites for hydroxylation is 2. The van der Waals surface area contributed by atoms with Crippen LogP contribution in [0.1, 0.15) is 36.1 Å². The normalized spacial score (nSPS) is 11.5. The van der Waals surface area contributed by atoms with Crippen LogP contribution < -0.4 is 15.4 Å². The lowest BCUT2D eigenvalue weighted by atomic mass is 10.0. The smallest absolute Gasteiger partial charge is 0.226 e. The molecule has 0 aromatic heterocycles. The van der Waals surface area contributed by atoms with E-state index in [1.807, 2.05) is 56.3 Å². The van der Waals surface area contributed by atoms with Crippen molar-refractivity contribution in [1.29, 1.82) is 0 Å². The molecule has 0 bridgehead atoms. The monoisotopic (exact) mass is 340 g/mol. The zero-order chi connectivity index (χ0) is 18.4. The Hall–Kier alpha value is -2.82. The number of ether oxygens (including phenoxy) is 1. The van der Waals surface area contributed by atoms with E-state index in [9.17, 15) is 9.59 Å². The molecule has 0 fully saturated rings. The second-order valence-electron chi connectivity index (χ2n) is 6.05. The van der Waals surface area contributed by atoms with Gasteiger partial charge in [-0.2, -0.15) is 0 Å². The predicted molar refractivity (Wildman–Crippen MR) is 98.7 cm³/mol. The third-order valence-electron chi connectivity index (χ3n) is 4.03. The average molecular weight is 340 g/mol. The minimum absolute atomic E-state index is 0.146. The Morgan fingerprint density at radius 3 is 2.16 bits per heavy atom. The number of methoxy groups -OCH3 is 1. The standard InChI is InChI=1S/C20H24N2O3/c1-13-6-5-7-14(2)20(13)22-19(24)12-18(21-15(3)23)16-8-10-17(25-4)11-9-16/h5-11,18H,12H2,1-4H3,(H,21,23)(H,22,24)/t18-/m1/s1. The van der Waals surface area contributed by atoms with Crippen LogP contribution in [-0.4, -0.2) is 18.9 Å². The second-order valence-corrected chi connectivity index (χ2v) is 6.05. The first kappa shape index (κ1) is 18.5. The van der Waals surface area contributed by atoms with Crippen molar-refractivity contribution >= 4 is 17.5 Å². The molecule has 2 N–H and O–H groups in total. The van der Waals surface area contributed by atoms with Crippen LogP contribution in [0.15, 0.2) is 42.5 Å². The molecule has 2 amide bonds. The van der Waals surface area contributed by atoms with Gasteiger partial charge in [0.1, 0.15) is 5.75 Å². The van der Waals surface area contributed by atoms with Crippen LogP contribution >= 0.6 is 0 Å². The Morgan fingerprint density at radius 1 is 1.04 bits per heavy atom. The molecule has 2 aromatic rings. The van der Waals surface area contributed by atoms with Gasteiger partial charge in [0.2, 0.25) is 11.8 Å². The molecular weight excluding hydrogens is 316 g/mol. The van der Waals surface area contributed by atoms with Crippen molar-refractivity contribution in [2.45, 2.75) is 33.2 Å². The van der Waals surface area contributed by atoms with Gasteiger partial charge < -0.3 is 15.4 Å². The first-order valence-corrected chi connectivity index (χ1v) is 8.18. The molecule has 0 radical (unpaired) electrons. The van der Waals surface area contributed by atoms with Crippen LogP contribution in [0.3, 0.4) is 0 Å². The van der Waals surface area contributed by atoms with Gasteiger partial charge in [-0.1, -0.05) is 30.3 Å². The van der Waals surface area contributed by atoms with E-state index in [2.05, 4.69) is 10.6 Å². The Kier molecular flexibility index (Phi) is 6.17. The van der Waals surface area contributed by atoms with E-state index < -0.39 is 6.04 Å². The summed E-state index contributed by atoms with van der Waals surface area (Å²) in [6, 6.07) is 12.8. The lowest BCUT2D eigenvalue weighted by molar-refractivity contribution is -0.120. The molecule has 0 unspecified atom stereocenters. The van der Waals surface area contributed by atoms with E-state index in [1.165, 1.54) is 6.92 Å². The minimum Gasteiger partial charge on any atom is -0.497 e. The molecule has 2 aromatic carbocycles. The highest BCUT2D eigenvalue weighted by molar-refractivity contribution is 5.93. The number of hydrogen-bond acceptors (Lipinski definition) is 3. The molecule has 5 nitrogen and oxygen atoms in total. The maximum atomic E-state index is 12.5. The summed E-state index contributed by atoms with van der Waals surface area (Å²) in [6.07, 6.45) is 0.152. The van der Waals surface area contributed by atoms with Crippen molar-refractivity contribution in [3.63, 3.8) is 0 Å². The summed E-state index contributed by atoms with van der Waals surface area (Å²) in [4.78, 5) is 24.0. The van der Waals surface area contributed by atoms with Gasteiger partial charge in [0.25, 0.3) is 0 Å². The summed E-state index contributed by atoms with van der Waals surface area (Å²) < 4.78 is 5.15. The van der Waals surface area contributed by atoms with Gasteiger partial charge >= 0.3 is 0 Å². The van der Waals surface area contributed by atoms with Crippen LogP contribution in [-0.2, 0) is 9.59 Å². The number of hydrogen-bond donors (Lipinski definition) is 2. The van der Waals surface area contributed by atoms with Crippen molar-refractivity contribution in [3.05, 3.63) is 59.2 Å². The van der Waals surface area contributed by atoms with Crippen molar-refractivity contribution in [1.82, 2.24) is 5.32 Å². The third-order valence-corrected chi connectivity index (χ3v) is 4.03. The maximum absolute atomic E-state index is 12.5. The van der Waals surface area contributed by atoms with Gasteiger partial charge in [0.15, 0.2) is 0 Å². The molecule has 0 saturated carbocycles. The Labute approximate surface area is 148 Å². The van der Waals surface area contributed by atoms with E-state index in [4.69, 9.17) is 4.74 Å². The minimum atomic E-state index is -0.396. The van der Waals surface area contributed by atoms with Crippen LogP contribution in [0.5, 0.6) is 5.75 Å². The van der Waals surface area contributed by atoms with Crippen LogP contribution in [0.25, 0.3) is 0 Å². The van der Waals surface area contributed by atoms with Crippen molar-refractivity contribution in [2.75, 3.05) is 12.4 Å². The molecule has 0 aliphatic rings. The van der Waals surface area contributed by atoms with Crippen molar-refractivity contribution < 1.29 is 14.3 Å². The fourth-order valence-electron chi connectivity index (χ4n) is 2.72. The summed E-state index contributed by atoms with van der Waals surface area (Å²) >= 11 is 0. The highest BCUT2D eigenvalue weighted by Gasteiger charge is 2.18. The predicted octanol–water partition coefficient (Wildman–Crippen LogP) is 3.52. The summed E-state index contributed by atoms with van der Waals surface area (Å²) in [5.74, 6) is 0.401. The Bertz CT molecular complexity index is 734. The summed E-state index contributed by atoms with van der Waals surface area (Å²) in [5, 5.41) is 5.80. The molecule has 25 heavy (non-hydrogen) atoms. The SMILES string of the molecule is COc1ccc([C@@H](CC(=O)Nc2c(C)cccc2C)NC(C)=O)cc1. The van der Waals surface area contributed by atoms with E-state index in [-0.39, 0.29) is 18.2 Å². The number of anilines is 1. The quantitative estimate of drug-likeness (QED) is 0.845. The van der Waals surface area contributed by atoms with E-state index in [1.54, 1.807) is 7.11 Å². The Balaban J connectivity index is 2.15. The number of benzene rings is 2. The number of carbonyl (C=O) groups is 2. The topological polar surface area (TPSA) is 67.4 Å². The van der Waals surface area contributed by atoms with Gasteiger partial charge in [-0.05, 0) is 42.7 Å². The van der Waals surface area contributed by atoms with Gasteiger partial charge in [-0.25, -0.2) is 0 Å². The average Bonchev–Trinajstić information content (AvgIpc) is 2.57.